The summed E-state index contributed by atoms with van der Waals surface area (Å²) in [6.45, 7) is 0.508. The van der Waals surface area contributed by atoms with Gasteiger partial charge in [0.2, 0.25) is 10.0 Å². The van der Waals surface area contributed by atoms with Crippen LogP contribution in [-0.4, -0.2) is 8.42 Å². The minimum absolute atomic E-state index is 0.0991. The van der Waals surface area contributed by atoms with E-state index in [0.717, 1.165) is 10.0 Å². The van der Waals surface area contributed by atoms with Gasteiger partial charge in [-0.2, -0.15) is 0 Å². The van der Waals surface area contributed by atoms with Crippen LogP contribution in [0.2, 0.25) is 0 Å². The highest BCUT2D eigenvalue weighted by molar-refractivity contribution is 9.10. The zero-order chi connectivity index (χ0) is 13.9. The van der Waals surface area contributed by atoms with E-state index in [0.29, 0.717) is 12.2 Å². The molecule has 6 heteroatoms. The van der Waals surface area contributed by atoms with Gasteiger partial charge in [-0.1, -0.05) is 46.3 Å². The first-order valence-electron chi connectivity index (χ1n) is 5.57. The quantitative estimate of drug-likeness (QED) is 0.898. The molecule has 0 bridgehead atoms. The molecule has 2 rings (SSSR count). The van der Waals surface area contributed by atoms with Crippen molar-refractivity contribution in [2.45, 2.75) is 11.4 Å². The van der Waals surface area contributed by atoms with Crippen LogP contribution in [0.1, 0.15) is 5.56 Å². The Morgan fingerprint density at radius 1 is 1.05 bits per heavy atom. The van der Waals surface area contributed by atoms with Crippen molar-refractivity contribution in [3.05, 3.63) is 58.6 Å². The Balaban J connectivity index is 2.24. The third-order valence-corrected chi connectivity index (χ3v) is 4.36. The maximum absolute atomic E-state index is 11.5. The Kier molecular flexibility index (Phi) is 4.24. The fourth-order valence-electron chi connectivity index (χ4n) is 1.69. The Morgan fingerprint density at radius 3 is 2.37 bits per heavy atom. The zero-order valence-electron chi connectivity index (χ0n) is 10.0. The minimum Gasteiger partial charge on any atom is -0.380 e. The van der Waals surface area contributed by atoms with E-state index >= 15 is 0 Å². The highest BCUT2D eigenvalue weighted by Gasteiger charge is 2.12. The molecule has 3 N–H and O–H groups in total. The van der Waals surface area contributed by atoms with Crippen LogP contribution >= 0.6 is 15.9 Å². The summed E-state index contributed by atoms with van der Waals surface area (Å²) in [5.41, 5.74) is 1.53. The molecule has 0 radical (unpaired) electrons. The number of halogens is 1. The number of primary sulfonamides is 1. The van der Waals surface area contributed by atoms with E-state index in [4.69, 9.17) is 5.14 Å². The van der Waals surface area contributed by atoms with Crippen molar-refractivity contribution in [3.8, 4) is 0 Å². The number of rotatable bonds is 4. The number of nitrogens with two attached hydrogens (primary N) is 1. The molecule has 0 aliphatic heterocycles. The molecule has 0 heterocycles. The average Bonchev–Trinajstić information content (AvgIpc) is 2.37. The Labute approximate surface area is 120 Å². The van der Waals surface area contributed by atoms with Crippen LogP contribution in [0.3, 0.4) is 0 Å². The fraction of sp³-hybridized carbons (Fsp3) is 0.0769. The van der Waals surface area contributed by atoms with Crippen LogP contribution in [0, 0.1) is 0 Å². The molecule has 0 aliphatic carbocycles. The molecular formula is C13H13BrN2O2S. The Hall–Kier alpha value is -1.37. The van der Waals surface area contributed by atoms with Crippen molar-refractivity contribution in [1.82, 2.24) is 0 Å². The molecule has 0 spiro atoms. The highest BCUT2D eigenvalue weighted by Crippen LogP contribution is 2.22. The van der Waals surface area contributed by atoms with Crippen molar-refractivity contribution < 1.29 is 8.42 Å². The lowest BCUT2D eigenvalue weighted by atomic mass is 10.2. The number of benzene rings is 2. The van der Waals surface area contributed by atoms with Gasteiger partial charge in [0.25, 0.3) is 0 Å². The number of nitrogens with one attached hydrogen (secondary N) is 1. The van der Waals surface area contributed by atoms with Crippen LogP contribution < -0.4 is 10.5 Å². The van der Waals surface area contributed by atoms with Crippen LogP contribution in [0.5, 0.6) is 0 Å². The Morgan fingerprint density at radius 2 is 1.68 bits per heavy atom. The molecule has 100 valence electrons. The summed E-state index contributed by atoms with van der Waals surface area (Å²) in [7, 11) is -3.72. The lowest BCUT2D eigenvalue weighted by molar-refractivity contribution is 0.598. The smallest absolute Gasteiger partial charge is 0.240 e. The van der Waals surface area contributed by atoms with E-state index in [1.165, 1.54) is 6.07 Å². The highest BCUT2D eigenvalue weighted by atomic mass is 79.9. The third kappa shape index (κ3) is 3.56. The number of anilines is 1. The summed E-state index contributed by atoms with van der Waals surface area (Å²) in [6, 6.07) is 14.3. The zero-order valence-corrected chi connectivity index (χ0v) is 12.4. The molecule has 0 aliphatic rings. The van der Waals surface area contributed by atoms with Gasteiger partial charge in [-0.25, -0.2) is 13.6 Å². The number of hydrogen-bond donors (Lipinski definition) is 2. The van der Waals surface area contributed by atoms with Gasteiger partial charge >= 0.3 is 0 Å². The predicted octanol–water partition coefficient (Wildman–Crippen LogP) is 2.71. The standard InChI is InChI=1S/C13H13BrN2O2S/c14-11-6-2-1-5-10(11)9-16-12-7-3-4-8-13(12)19(15,17)18/h1-8,16H,9H2,(H2,15,17,18). The fourth-order valence-corrected chi connectivity index (χ4v) is 2.83. The van der Waals surface area contributed by atoms with E-state index in [1.807, 2.05) is 24.3 Å². The maximum atomic E-state index is 11.5. The SMILES string of the molecule is NS(=O)(=O)c1ccccc1NCc1ccccc1Br. The van der Waals surface area contributed by atoms with Crippen LogP contribution in [0.25, 0.3) is 0 Å². The average molecular weight is 341 g/mol. The van der Waals surface area contributed by atoms with E-state index in [2.05, 4.69) is 21.2 Å². The van der Waals surface area contributed by atoms with Crippen molar-refractivity contribution in [1.29, 1.82) is 0 Å². The van der Waals surface area contributed by atoms with Crippen molar-refractivity contribution >= 4 is 31.6 Å². The summed E-state index contributed by atoms with van der Waals surface area (Å²) in [4.78, 5) is 0.0991. The molecule has 2 aromatic carbocycles. The monoisotopic (exact) mass is 340 g/mol. The lowest BCUT2D eigenvalue weighted by Crippen LogP contribution is -2.15. The lowest BCUT2D eigenvalue weighted by Gasteiger charge is -2.11. The van der Waals surface area contributed by atoms with Crippen molar-refractivity contribution in [3.63, 3.8) is 0 Å². The second-order valence-corrected chi connectivity index (χ2v) is 6.37. The predicted molar refractivity (Wildman–Crippen MR) is 79.3 cm³/mol. The maximum Gasteiger partial charge on any atom is 0.240 e. The van der Waals surface area contributed by atoms with E-state index in [1.54, 1.807) is 18.2 Å². The first kappa shape index (κ1) is 14.0. The first-order chi connectivity index (χ1) is 8.98. The molecule has 0 amide bonds. The molecule has 0 atom stereocenters. The molecule has 0 unspecified atom stereocenters. The van der Waals surface area contributed by atoms with Crippen LogP contribution in [0.15, 0.2) is 57.9 Å². The van der Waals surface area contributed by atoms with Gasteiger partial charge in [0, 0.05) is 11.0 Å². The molecule has 0 aromatic heterocycles. The first-order valence-corrected chi connectivity index (χ1v) is 7.91. The Bertz CT molecular complexity index is 687. The minimum atomic E-state index is -3.72. The number of sulfonamides is 1. The van der Waals surface area contributed by atoms with E-state index in [-0.39, 0.29) is 4.90 Å². The van der Waals surface area contributed by atoms with Gasteiger partial charge < -0.3 is 5.32 Å². The summed E-state index contributed by atoms with van der Waals surface area (Å²) in [6.07, 6.45) is 0. The molecule has 0 saturated heterocycles. The second-order valence-electron chi connectivity index (χ2n) is 3.99. The number of para-hydroxylation sites is 1. The van der Waals surface area contributed by atoms with Crippen LogP contribution in [-0.2, 0) is 16.6 Å². The summed E-state index contributed by atoms with van der Waals surface area (Å²) >= 11 is 3.44. The molecule has 19 heavy (non-hydrogen) atoms. The van der Waals surface area contributed by atoms with Gasteiger partial charge in [-0.15, -0.1) is 0 Å². The van der Waals surface area contributed by atoms with Gasteiger partial charge in [0.1, 0.15) is 4.90 Å². The summed E-state index contributed by atoms with van der Waals surface area (Å²) in [5, 5.41) is 8.27. The topological polar surface area (TPSA) is 72.2 Å². The molecule has 0 fully saturated rings. The summed E-state index contributed by atoms with van der Waals surface area (Å²) in [5.74, 6) is 0. The molecule has 0 saturated carbocycles. The van der Waals surface area contributed by atoms with E-state index < -0.39 is 10.0 Å². The number of hydrogen-bond acceptors (Lipinski definition) is 3. The second kappa shape index (κ2) is 5.73. The van der Waals surface area contributed by atoms with Crippen molar-refractivity contribution in [2.75, 3.05) is 5.32 Å². The molecule has 2 aromatic rings. The molecule has 4 nitrogen and oxygen atoms in total. The summed E-state index contributed by atoms with van der Waals surface area (Å²) < 4.78 is 23.9. The van der Waals surface area contributed by atoms with Crippen molar-refractivity contribution in [2.24, 2.45) is 5.14 Å². The largest absolute Gasteiger partial charge is 0.380 e. The van der Waals surface area contributed by atoms with E-state index in [9.17, 15) is 8.42 Å². The van der Waals surface area contributed by atoms with Gasteiger partial charge in [0.05, 0.1) is 5.69 Å². The van der Waals surface area contributed by atoms with Crippen LogP contribution in [0.4, 0.5) is 5.69 Å². The van der Waals surface area contributed by atoms with Gasteiger partial charge in [0.15, 0.2) is 0 Å². The molecular weight excluding hydrogens is 328 g/mol. The van der Waals surface area contributed by atoms with Gasteiger partial charge in [-0.05, 0) is 23.8 Å². The third-order valence-electron chi connectivity index (χ3n) is 2.62. The van der Waals surface area contributed by atoms with Gasteiger partial charge in [-0.3, -0.25) is 0 Å². The normalized spacial score (nSPS) is 11.3.